The van der Waals surface area contributed by atoms with Crippen LogP contribution in [0.15, 0.2) is 53.5 Å². The molecule has 35 heavy (non-hydrogen) atoms. The van der Waals surface area contributed by atoms with Gasteiger partial charge in [0, 0.05) is 47.7 Å². The number of Topliss-reactive ketones (excluding diaryl/α,β-unsaturated/α-hetero) is 1. The maximum atomic E-state index is 13.8. The summed E-state index contributed by atoms with van der Waals surface area (Å²) in [7, 11) is 0. The monoisotopic (exact) mass is 497 g/mol. The van der Waals surface area contributed by atoms with Crippen molar-refractivity contribution in [2.75, 3.05) is 46.0 Å². The van der Waals surface area contributed by atoms with Crippen molar-refractivity contribution in [2.45, 2.75) is 33.7 Å². The first-order chi connectivity index (χ1) is 16.8. The Labute approximate surface area is 212 Å². The van der Waals surface area contributed by atoms with Crippen LogP contribution in [-0.2, 0) is 27.2 Å². The Hall–Kier alpha value is -2.68. The van der Waals surface area contributed by atoms with Crippen LogP contribution in [0.3, 0.4) is 0 Å². The Balaban J connectivity index is 1.47. The van der Waals surface area contributed by atoms with Crippen LogP contribution >= 0.6 is 11.3 Å². The fourth-order valence-electron chi connectivity index (χ4n) is 4.47. The van der Waals surface area contributed by atoms with Crippen LogP contribution in [0.1, 0.15) is 41.6 Å². The lowest BCUT2D eigenvalue weighted by atomic mass is 10.0. The van der Waals surface area contributed by atoms with Gasteiger partial charge in [0.25, 0.3) is 5.91 Å². The lowest BCUT2D eigenvalue weighted by Gasteiger charge is -2.33. The fourth-order valence-corrected chi connectivity index (χ4v) is 5.62. The Morgan fingerprint density at radius 2 is 2.00 bits per heavy atom. The highest BCUT2D eigenvalue weighted by molar-refractivity contribution is 7.10. The quantitative estimate of drug-likeness (QED) is 0.400. The van der Waals surface area contributed by atoms with Crippen molar-refractivity contribution in [3.8, 4) is 0 Å². The van der Waals surface area contributed by atoms with Crippen LogP contribution in [0.2, 0.25) is 0 Å². The summed E-state index contributed by atoms with van der Waals surface area (Å²) in [6, 6.07) is 0. The van der Waals surface area contributed by atoms with E-state index in [4.69, 9.17) is 9.47 Å². The van der Waals surface area contributed by atoms with Crippen molar-refractivity contribution in [1.29, 1.82) is 0 Å². The SMILES string of the molecule is C=C1C=CC(OCCN2CCOCC2)=CN1/C(=C\C(C)C)C(=O)N1CCc2c(C(C)=O)csc2C1. The predicted molar refractivity (Wildman–Crippen MR) is 138 cm³/mol. The minimum Gasteiger partial charge on any atom is -0.491 e. The zero-order chi connectivity index (χ0) is 24.9. The summed E-state index contributed by atoms with van der Waals surface area (Å²) in [5.74, 6) is 0.935. The van der Waals surface area contributed by atoms with Gasteiger partial charge in [-0.2, -0.15) is 0 Å². The summed E-state index contributed by atoms with van der Waals surface area (Å²) in [6.07, 6.45) is 8.33. The summed E-state index contributed by atoms with van der Waals surface area (Å²) >= 11 is 1.56. The molecule has 8 heteroatoms. The number of carbonyl (C=O) groups excluding carboxylic acids is 2. The minimum atomic E-state index is -0.0394. The van der Waals surface area contributed by atoms with Crippen molar-refractivity contribution in [3.63, 3.8) is 0 Å². The standard InChI is InChI=1S/C27H35N3O4S/c1-19(2)15-25(27(32)29-8-7-23-24(21(4)31)18-35-26(23)17-29)30-16-22(6-5-20(30)3)34-14-11-28-9-12-33-13-10-28/h5-6,15-16,18-19H,3,7-14,17H2,1-2,4H3/b25-15-. The third-order valence-corrected chi connectivity index (χ3v) is 7.38. The second-order valence-electron chi connectivity index (χ2n) is 9.41. The van der Waals surface area contributed by atoms with Gasteiger partial charge in [-0.15, -0.1) is 11.3 Å². The Morgan fingerprint density at radius 3 is 2.71 bits per heavy atom. The number of morpholine rings is 1. The van der Waals surface area contributed by atoms with Gasteiger partial charge in [-0.25, -0.2) is 0 Å². The zero-order valence-electron chi connectivity index (χ0n) is 20.9. The molecule has 188 valence electrons. The second kappa shape index (κ2) is 11.4. The van der Waals surface area contributed by atoms with Crippen LogP contribution in [0.5, 0.6) is 0 Å². The number of nitrogens with zero attached hydrogens (tertiary/aromatic N) is 3. The van der Waals surface area contributed by atoms with Crippen LogP contribution in [0.25, 0.3) is 0 Å². The van der Waals surface area contributed by atoms with Gasteiger partial charge in [0.1, 0.15) is 18.1 Å². The van der Waals surface area contributed by atoms with Crippen LogP contribution in [0, 0.1) is 5.92 Å². The summed E-state index contributed by atoms with van der Waals surface area (Å²) in [5, 5.41) is 1.92. The van der Waals surface area contributed by atoms with Gasteiger partial charge >= 0.3 is 0 Å². The Bertz CT molecular complexity index is 1060. The van der Waals surface area contributed by atoms with Crippen LogP contribution in [-0.4, -0.2) is 72.4 Å². The third-order valence-electron chi connectivity index (χ3n) is 6.37. The number of thiophene rings is 1. The lowest BCUT2D eigenvalue weighted by molar-refractivity contribution is -0.129. The van der Waals surface area contributed by atoms with E-state index in [1.807, 2.05) is 39.6 Å². The molecule has 0 saturated carbocycles. The molecule has 4 rings (SSSR count). The molecule has 0 spiro atoms. The zero-order valence-corrected chi connectivity index (χ0v) is 21.7. The topological polar surface area (TPSA) is 62.3 Å². The number of rotatable bonds is 8. The van der Waals surface area contributed by atoms with Gasteiger partial charge in [0.15, 0.2) is 5.78 Å². The molecular formula is C27H35N3O4S. The van der Waals surface area contributed by atoms with Crippen molar-refractivity contribution >= 4 is 23.0 Å². The smallest absolute Gasteiger partial charge is 0.270 e. The number of fused-ring (bicyclic) bond motifs is 1. The third kappa shape index (κ3) is 6.12. The average molecular weight is 498 g/mol. The van der Waals surface area contributed by atoms with Crippen molar-refractivity contribution in [3.05, 3.63) is 69.5 Å². The highest BCUT2D eigenvalue weighted by Crippen LogP contribution is 2.31. The molecule has 1 aromatic heterocycles. The van der Waals surface area contributed by atoms with E-state index in [0.717, 1.165) is 54.5 Å². The first kappa shape index (κ1) is 25.4. The van der Waals surface area contributed by atoms with Gasteiger partial charge in [-0.05, 0) is 37.0 Å². The molecule has 0 aliphatic carbocycles. The number of carbonyl (C=O) groups is 2. The number of amides is 1. The first-order valence-electron chi connectivity index (χ1n) is 12.3. The van der Waals surface area contributed by atoms with E-state index >= 15 is 0 Å². The van der Waals surface area contributed by atoms with E-state index in [-0.39, 0.29) is 17.6 Å². The summed E-state index contributed by atoms with van der Waals surface area (Å²) < 4.78 is 11.4. The average Bonchev–Trinajstić information content (AvgIpc) is 3.27. The highest BCUT2D eigenvalue weighted by atomic mass is 32.1. The van der Waals surface area contributed by atoms with Gasteiger partial charge < -0.3 is 19.3 Å². The minimum absolute atomic E-state index is 0.0394. The molecule has 1 amide bonds. The fraction of sp³-hybridized carbons (Fsp3) is 0.481. The predicted octanol–water partition coefficient (Wildman–Crippen LogP) is 3.95. The molecule has 3 aliphatic heterocycles. The molecule has 0 atom stereocenters. The van der Waals surface area contributed by atoms with Crippen molar-refractivity contribution in [1.82, 2.24) is 14.7 Å². The van der Waals surface area contributed by atoms with E-state index in [1.165, 1.54) is 0 Å². The number of allylic oxidation sites excluding steroid dienone is 3. The lowest BCUT2D eigenvalue weighted by Crippen LogP contribution is -2.40. The molecule has 7 nitrogen and oxygen atoms in total. The molecule has 4 heterocycles. The molecular weight excluding hydrogens is 462 g/mol. The van der Waals surface area contributed by atoms with Gasteiger partial charge in [0.05, 0.1) is 26.0 Å². The maximum Gasteiger partial charge on any atom is 0.270 e. The molecule has 0 bridgehead atoms. The largest absolute Gasteiger partial charge is 0.491 e. The number of ether oxygens (including phenoxy) is 2. The van der Waals surface area contributed by atoms with Gasteiger partial charge in [0.2, 0.25) is 0 Å². The number of hydrogen-bond acceptors (Lipinski definition) is 7. The number of hydrogen-bond donors (Lipinski definition) is 0. The molecule has 1 fully saturated rings. The first-order valence-corrected chi connectivity index (χ1v) is 13.1. The van der Waals surface area contributed by atoms with E-state index in [2.05, 4.69) is 25.3 Å². The summed E-state index contributed by atoms with van der Waals surface area (Å²) in [5.41, 5.74) is 3.20. The second-order valence-corrected chi connectivity index (χ2v) is 10.4. The molecule has 0 unspecified atom stereocenters. The van der Waals surface area contributed by atoms with E-state index in [1.54, 1.807) is 18.3 Å². The molecule has 1 saturated heterocycles. The summed E-state index contributed by atoms with van der Waals surface area (Å²) in [6.45, 7) is 15.8. The normalized spacial score (nSPS) is 19.1. The number of ketones is 1. The van der Waals surface area contributed by atoms with Crippen molar-refractivity contribution < 1.29 is 19.1 Å². The van der Waals surface area contributed by atoms with Crippen LogP contribution in [0.4, 0.5) is 0 Å². The van der Waals surface area contributed by atoms with Crippen LogP contribution < -0.4 is 0 Å². The Kier molecular flexibility index (Phi) is 8.26. The molecule has 0 radical (unpaired) electrons. The highest BCUT2D eigenvalue weighted by Gasteiger charge is 2.30. The summed E-state index contributed by atoms with van der Waals surface area (Å²) in [4.78, 5) is 32.8. The molecule has 0 N–H and O–H groups in total. The maximum absolute atomic E-state index is 13.8. The van der Waals surface area contributed by atoms with Gasteiger partial charge in [-0.1, -0.05) is 26.5 Å². The van der Waals surface area contributed by atoms with E-state index in [9.17, 15) is 9.59 Å². The van der Waals surface area contributed by atoms with Gasteiger partial charge in [-0.3, -0.25) is 14.5 Å². The molecule has 0 aromatic carbocycles. The Morgan fingerprint density at radius 1 is 1.23 bits per heavy atom. The van der Waals surface area contributed by atoms with Crippen molar-refractivity contribution in [2.24, 2.45) is 5.92 Å². The molecule has 1 aromatic rings. The van der Waals surface area contributed by atoms with E-state index in [0.29, 0.717) is 37.6 Å². The van der Waals surface area contributed by atoms with E-state index < -0.39 is 0 Å². The molecule has 3 aliphatic rings.